The molecule has 0 radical (unpaired) electrons. The number of nitrogens with zero attached hydrogens (tertiary/aromatic N) is 5. The largest absolute Gasteiger partial charge is 0.364 e. The second-order valence-electron chi connectivity index (χ2n) is 7.55. The van der Waals surface area contributed by atoms with Crippen LogP contribution in [-0.2, 0) is 0 Å². The summed E-state index contributed by atoms with van der Waals surface area (Å²) in [5, 5.41) is 4.07. The summed E-state index contributed by atoms with van der Waals surface area (Å²) in [5.41, 5.74) is 1.93. The fourth-order valence-corrected chi connectivity index (χ4v) is 3.90. The zero-order valence-electron chi connectivity index (χ0n) is 16.2. The Morgan fingerprint density at radius 1 is 0.933 bits per heavy atom. The van der Waals surface area contributed by atoms with Gasteiger partial charge < -0.3 is 15.1 Å². The number of fused-ring (bicyclic) bond motifs is 1. The van der Waals surface area contributed by atoms with Crippen molar-refractivity contribution >= 4 is 51.8 Å². The van der Waals surface area contributed by atoms with Crippen LogP contribution in [0.25, 0.3) is 11.0 Å². The van der Waals surface area contributed by atoms with Gasteiger partial charge in [-0.3, -0.25) is 4.79 Å². The van der Waals surface area contributed by atoms with Gasteiger partial charge in [-0.15, -0.1) is 0 Å². The fourth-order valence-electron chi connectivity index (χ4n) is 3.57. The van der Waals surface area contributed by atoms with Gasteiger partial charge in [0.1, 0.15) is 10.8 Å². The fraction of sp³-hybridized carbons (Fsp3) is 0.333. The predicted octanol–water partition coefficient (Wildman–Crippen LogP) is 3.87. The second-order valence-corrected chi connectivity index (χ2v) is 8.34. The number of nitrogens with one attached hydrogen (secondary N) is 1. The molecule has 154 valence electrons. The minimum atomic E-state index is -0.205. The van der Waals surface area contributed by atoms with Gasteiger partial charge in [0, 0.05) is 32.2 Å². The Labute approximate surface area is 184 Å². The van der Waals surface area contributed by atoms with E-state index < -0.39 is 0 Å². The maximum absolute atomic E-state index is 12.9. The molecule has 1 aliphatic heterocycles. The van der Waals surface area contributed by atoms with Crippen molar-refractivity contribution in [3.63, 3.8) is 0 Å². The SMILES string of the molecule is O=C(c1nc(Cl)ccc1Cl)N1CCN(c2nc3ccccc3nc2NC2CC2)CC1. The van der Waals surface area contributed by atoms with Crippen molar-refractivity contribution in [3.8, 4) is 0 Å². The summed E-state index contributed by atoms with van der Waals surface area (Å²) in [7, 11) is 0. The molecule has 1 saturated carbocycles. The number of hydrogen-bond donors (Lipinski definition) is 1. The molecule has 9 heteroatoms. The molecule has 1 aliphatic carbocycles. The summed E-state index contributed by atoms with van der Waals surface area (Å²) >= 11 is 12.1. The lowest BCUT2D eigenvalue weighted by atomic mass is 10.2. The zero-order chi connectivity index (χ0) is 20.7. The van der Waals surface area contributed by atoms with Gasteiger partial charge in [0.05, 0.1) is 16.1 Å². The van der Waals surface area contributed by atoms with E-state index in [1.807, 2.05) is 24.3 Å². The third-order valence-corrected chi connectivity index (χ3v) is 5.87. The van der Waals surface area contributed by atoms with Crippen molar-refractivity contribution in [2.24, 2.45) is 0 Å². The summed E-state index contributed by atoms with van der Waals surface area (Å²) in [6.07, 6.45) is 2.31. The average molecular weight is 443 g/mol. The number of para-hydroxylation sites is 2. The molecule has 5 rings (SSSR count). The third kappa shape index (κ3) is 3.87. The first-order valence-electron chi connectivity index (χ1n) is 9.98. The van der Waals surface area contributed by atoms with Crippen molar-refractivity contribution in [3.05, 3.63) is 52.3 Å². The first-order valence-corrected chi connectivity index (χ1v) is 10.7. The van der Waals surface area contributed by atoms with Crippen LogP contribution in [0.4, 0.5) is 11.6 Å². The van der Waals surface area contributed by atoms with Gasteiger partial charge in [-0.1, -0.05) is 35.3 Å². The van der Waals surface area contributed by atoms with Crippen molar-refractivity contribution in [1.82, 2.24) is 19.9 Å². The first-order chi connectivity index (χ1) is 14.6. The number of benzene rings is 1. The Morgan fingerprint density at radius 2 is 1.63 bits per heavy atom. The number of rotatable bonds is 4. The lowest BCUT2D eigenvalue weighted by molar-refractivity contribution is 0.0741. The molecule has 30 heavy (non-hydrogen) atoms. The highest BCUT2D eigenvalue weighted by Crippen LogP contribution is 2.31. The minimum Gasteiger partial charge on any atom is -0.364 e. The number of piperazine rings is 1. The molecule has 0 atom stereocenters. The average Bonchev–Trinajstić information content (AvgIpc) is 3.59. The van der Waals surface area contributed by atoms with E-state index in [9.17, 15) is 4.79 Å². The highest BCUT2D eigenvalue weighted by molar-refractivity contribution is 6.34. The smallest absolute Gasteiger partial charge is 0.274 e. The highest BCUT2D eigenvalue weighted by Gasteiger charge is 2.29. The summed E-state index contributed by atoms with van der Waals surface area (Å²) < 4.78 is 0. The first kappa shape index (κ1) is 19.3. The third-order valence-electron chi connectivity index (χ3n) is 5.35. The number of aromatic nitrogens is 3. The molecular formula is C21H20Cl2N6O. The summed E-state index contributed by atoms with van der Waals surface area (Å²) in [5.74, 6) is 1.45. The molecule has 1 aromatic carbocycles. The number of pyridine rings is 1. The molecule has 7 nitrogen and oxygen atoms in total. The van der Waals surface area contributed by atoms with Crippen molar-refractivity contribution in [2.45, 2.75) is 18.9 Å². The van der Waals surface area contributed by atoms with E-state index in [-0.39, 0.29) is 16.8 Å². The number of carbonyl (C=O) groups excluding carboxylic acids is 1. The van der Waals surface area contributed by atoms with Gasteiger partial charge >= 0.3 is 0 Å². The van der Waals surface area contributed by atoms with Crippen LogP contribution in [0.5, 0.6) is 0 Å². The Kier molecular flexibility index (Phi) is 5.08. The number of amides is 1. The van der Waals surface area contributed by atoms with Gasteiger partial charge in [0.15, 0.2) is 11.6 Å². The number of hydrogen-bond acceptors (Lipinski definition) is 6. The minimum absolute atomic E-state index is 0.194. The van der Waals surface area contributed by atoms with Crippen LogP contribution in [0.3, 0.4) is 0 Å². The molecule has 3 heterocycles. The number of anilines is 2. The van der Waals surface area contributed by atoms with E-state index in [0.717, 1.165) is 35.5 Å². The molecule has 2 aromatic heterocycles. The maximum Gasteiger partial charge on any atom is 0.274 e. The van der Waals surface area contributed by atoms with Gasteiger partial charge in [-0.25, -0.2) is 15.0 Å². The van der Waals surface area contributed by atoms with E-state index in [2.05, 4.69) is 15.2 Å². The standard InChI is InChI=1S/C21H20Cl2N6O/c22-14-7-8-17(23)27-18(14)21(30)29-11-9-28(10-12-29)20-19(24-13-5-6-13)25-15-3-1-2-4-16(15)26-20/h1-4,7-8,13H,5-6,9-12H2,(H,24,25). The Bertz CT molecular complexity index is 1110. The molecule has 0 bridgehead atoms. The maximum atomic E-state index is 12.9. The van der Waals surface area contributed by atoms with Crippen LogP contribution in [-0.4, -0.2) is 58.0 Å². The van der Waals surface area contributed by atoms with E-state index in [1.165, 1.54) is 0 Å². The molecule has 3 aromatic rings. The van der Waals surface area contributed by atoms with Crippen molar-refractivity contribution < 1.29 is 4.79 Å². The molecule has 1 saturated heterocycles. The van der Waals surface area contributed by atoms with Crippen LogP contribution in [0.15, 0.2) is 36.4 Å². The summed E-state index contributed by atoms with van der Waals surface area (Å²) in [6, 6.07) is 11.5. The van der Waals surface area contributed by atoms with Crippen molar-refractivity contribution in [2.75, 3.05) is 36.4 Å². The monoisotopic (exact) mass is 442 g/mol. The Balaban J connectivity index is 1.36. The molecule has 0 unspecified atom stereocenters. The molecule has 0 spiro atoms. The van der Waals surface area contributed by atoms with Crippen LogP contribution >= 0.6 is 23.2 Å². The van der Waals surface area contributed by atoms with Gasteiger partial charge in [0.2, 0.25) is 0 Å². The number of halogens is 2. The van der Waals surface area contributed by atoms with E-state index in [0.29, 0.717) is 37.2 Å². The molecular weight excluding hydrogens is 423 g/mol. The van der Waals surface area contributed by atoms with Gasteiger partial charge in [-0.05, 0) is 37.1 Å². The van der Waals surface area contributed by atoms with Gasteiger partial charge in [-0.2, -0.15) is 0 Å². The van der Waals surface area contributed by atoms with E-state index in [4.69, 9.17) is 33.2 Å². The zero-order valence-corrected chi connectivity index (χ0v) is 17.7. The summed E-state index contributed by atoms with van der Waals surface area (Å²) in [4.78, 5) is 30.6. The Hall–Kier alpha value is -2.64. The van der Waals surface area contributed by atoms with Crippen LogP contribution < -0.4 is 10.2 Å². The van der Waals surface area contributed by atoms with Crippen molar-refractivity contribution in [1.29, 1.82) is 0 Å². The second kappa shape index (κ2) is 7.89. The predicted molar refractivity (Wildman–Crippen MR) is 119 cm³/mol. The van der Waals surface area contributed by atoms with Crippen LogP contribution in [0.2, 0.25) is 10.2 Å². The Morgan fingerprint density at radius 3 is 2.33 bits per heavy atom. The lowest BCUT2D eigenvalue weighted by Crippen LogP contribution is -2.49. The normalized spacial score (nSPS) is 16.7. The van der Waals surface area contributed by atoms with Gasteiger partial charge in [0.25, 0.3) is 5.91 Å². The van der Waals surface area contributed by atoms with E-state index in [1.54, 1.807) is 17.0 Å². The molecule has 1 N–H and O–H groups in total. The van der Waals surface area contributed by atoms with Crippen LogP contribution in [0.1, 0.15) is 23.3 Å². The van der Waals surface area contributed by atoms with Crippen LogP contribution in [0, 0.1) is 0 Å². The highest BCUT2D eigenvalue weighted by atomic mass is 35.5. The summed E-state index contributed by atoms with van der Waals surface area (Å²) in [6.45, 7) is 2.38. The molecule has 2 aliphatic rings. The quantitative estimate of drug-likeness (QED) is 0.618. The topological polar surface area (TPSA) is 74.2 Å². The lowest BCUT2D eigenvalue weighted by Gasteiger charge is -2.36. The number of carbonyl (C=O) groups is 1. The molecule has 2 fully saturated rings. The molecule has 1 amide bonds. The van der Waals surface area contributed by atoms with E-state index >= 15 is 0 Å².